The van der Waals surface area contributed by atoms with Crippen molar-refractivity contribution in [3.63, 3.8) is 0 Å². The van der Waals surface area contributed by atoms with E-state index >= 15 is 0 Å². The number of rotatable bonds is 32. The number of nitrogens with one attached hydrogen (secondary N) is 4. The summed E-state index contributed by atoms with van der Waals surface area (Å²) in [4.78, 5) is 53.9. The fraction of sp³-hybridized carbons (Fsp3) is 0.577. The number of carbonyl (C=O) groups excluding carboxylic acids is 4. The van der Waals surface area contributed by atoms with Gasteiger partial charge >= 0.3 is 24.0 Å². The Morgan fingerprint density at radius 2 is 0.765 bits per heavy atom. The Morgan fingerprint density at radius 1 is 0.456 bits per heavy atom. The van der Waals surface area contributed by atoms with Crippen molar-refractivity contribution in [2.75, 3.05) is 23.8 Å². The highest BCUT2D eigenvalue weighted by Gasteiger charge is 2.25. The minimum Gasteiger partial charge on any atom is -0.464 e. The van der Waals surface area contributed by atoms with E-state index in [9.17, 15) is 19.2 Å². The van der Waals surface area contributed by atoms with Crippen LogP contribution in [0.25, 0.3) is 0 Å². The molecule has 10 nitrogen and oxygen atoms in total. The van der Waals surface area contributed by atoms with Gasteiger partial charge in [-0.3, -0.25) is 0 Å². The number of hydrogen-bond donors (Lipinski definition) is 4. The van der Waals surface area contributed by atoms with Gasteiger partial charge in [-0.15, -0.1) is 0 Å². The third-order valence-electron chi connectivity index (χ3n) is 11.5. The van der Waals surface area contributed by atoms with E-state index in [1.807, 2.05) is 80.6 Å². The van der Waals surface area contributed by atoms with Gasteiger partial charge in [-0.05, 0) is 67.9 Å². The van der Waals surface area contributed by atoms with Gasteiger partial charge < -0.3 is 30.7 Å². The Morgan fingerprint density at radius 3 is 1.09 bits per heavy atom. The standard InChI is InChI=1S/C52H72Br6N4O6/c1-39-35-40(2)44(60-50(66)62-46(37-42-29-21-18-22-30-42)48(64)68-34-26-16-12-8-4-6-10-14-24-32-52(56,57)58)38-43(39)59-49(65)61-45(36-41-27-19-17-20-28-41)47(63)67-33-25-15-11-7-3-5-9-13-23-31-51(53,54)55/h17-22,27-30,35,38,45-46H,3-16,23-26,31-34,36-37H2,1-2H3,(H2,59,61,65)(H2,60,62,66)/t45-,46-/m0/s1. The molecular formula is C52H72Br6N4O6. The molecule has 16 heteroatoms. The summed E-state index contributed by atoms with van der Waals surface area (Å²) in [5.74, 6) is -0.988. The molecule has 3 aromatic carbocycles. The topological polar surface area (TPSA) is 135 Å². The summed E-state index contributed by atoms with van der Waals surface area (Å²) in [6.45, 7) is 4.27. The van der Waals surface area contributed by atoms with Crippen LogP contribution in [0.4, 0.5) is 21.0 Å². The fourth-order valence-corrected chi connectivity index (χ4v) is 9.40. The first-order valence-corrected chi connectivity index (χ1v) is 29.1. The van der Waals surface area contributed by atoms with E-state index in [0.29, 0.717) is 11.4 Å². The van der Waals surface area contributed by atoms with Crippen molar-refractivity contribution in [1.82, 2.24) is 10.6 Å². The van der Waals surface area contributed by atoms with Crippen LogP contribution in [-0.4, -0.2) is 53.6 Å². The quantitative estimate of drug-likeness (QED) is 0.0279. The predicted octanol–water partition coefficient (Wildman–Crippen LogP) is 16.3. The number of halogens is 6. The van der Waals surface area contributed by atoms with E-state index in [1.165, 1.54) is 51.4 Å². The van der Waals surface area contributed by atoms with Gasteiger partial charge in [-0.2, -0.15) is 0 Å². The van der Waals surface area contributed by atoms with Crippen molar-refractivity contribution in [1.29, 1.82) is 0 Å². The van der Waals surface area contributed by atoms with Crippen LogP contribution in [0.5, 0.6) is 0 Å². The van der Waals surface area contributed by atoms with Crippen LogP contribution in [0.2, 0.25) is 0 Å². The van der Waals surface area contributed by atoms with Crippen LogP contribution in [0.1, 0.15) is 151 Å². The zero-order valence-corrected chi connectivity index (χ0v) is 49.3. The summed E-state index contributed by atoms with van der Waals surface area (Å²) >= 11 is 21.3. The molecule has 0 spiro atoms. The molecule has 0 aromatic heterocycles. The third kappa shape index (κ3) is 28.8. The lowest BCUT2D eigenvalue weighted by Crippen LogP contribution is -2.45. The maximum absolute atomic E-state index is 13.5. The number of carbonyl (C=O) groups is 4. The van der Waals surface area contributed by atoms with Crippen molar-refractivity contribution < 1.29 is 28.7 Å². The molecule has 0 aliphatic rings. The molecule has 0 aliphatic heterocycles. The van der Waals surface area contributed by atoms with Crippen LogP contribution in [0.15, 0.2) is 72.8 Å². The number of amides is 4. The molecule has 4 amide bonds. The molecule has 0 saturated carbocycles. The Bertz CT molecular complexity index is 1780. The van der Waals surface area contributed by atoms with Crippen molar-refractivity contribution >= 4 is 131 Å². The van der Waals surface area contributed by atoms with E-state index in [0.717, 1.165) is 99.3 Å². The van der Waals surface area contributed by atoms with Gasteiger partial charge in [-0.25, -0.2) is 19.2 Å². The van der Waals surface area contributed by atoms with Crippen LogP contribution >= 0.6 is 95.6 Å². The predicted molar refractivity (Wildman–Crippen MR) is 301 cm³/mol. The maximum atomic E-state index is 13.5. The molecule has 2 atom stereocenters. The molecule has 378 valence electrons. The van der Waals surface area contributed by atoms with E-state index in [-0.39, 0.29) is 30.3 Å². The normalized spacial score (nSPS) is 12.5. The monoisotopic (exact) mass is 1320 g/mol. The third-order valence-corrected chi connectivity index (χ3v) is 13.9. The maximum Gasteiger partial charge on any atom is 0.329 e. The number of alkyl halides is 6. The Kier molecular flexibility index (Phi) is 30.5. The van der Waals surface area contributed by atoms with Gasteiger partial charge in [0, 0.05) is 24.2 Å². The summed E-state index contributed by atoms with van der Waals surface area (Å²) in [5, 5.41) is 11.4. The van der Waals surface area contributed by atoms with Gasteiger partial charge in [0.05, 0.1) is 13.2 Å². The first kappa shape index (κ1) is 60.3. The number of unbranched alkanes of at least 4 members (excludes halogenated alkanes) is 16. The van der Waals surface area contributed by atoms with Gasteiger partial charge in [0.25, 0.3) is 0 Å². The van der Waals surface area contributed by atoms with Gasteiger partial charge in [0.2, 0.25) is 0 Å². The second-order valence-corrected chi connectivity index (χ2v) is 32.1. The van der Waals surface area contributed by atoms with Gasteiger partial charge in [0.1, 0.15) is 16.4 Å². The van der Waals surface area contributed by atoms with E-state index in [4.69, 9.17) is 9.47 Å². The lowest BCUT2D eigenvalue weighted by molar-refractivity contribution is -0.146. The number of anilines is 2. The van der Waals surface area contributed by atoms with Crippen molar-refractivity contribution in [3.8, 4) is 0 Å². The smallest absolute Gasteiger partial charge is 0.329 e. The van der Waals surface area contributed by atoms with Gasteiger partial charge in [0.15, 0.2) is 0 Å². The van der Waals surface area contributed by atoms with Crippen LogP contribution in [0.3, 0.4) is 0 Å². The molecular weight excluding hydrogens is 1260 g/mol. The molecule has 0 bridgehead atoms. The number of esters is 2. The average Bonchev–Trinajstić information content (AvgIpc) is 3.28. The molecule has 0 heterocycles. The second kappa shape index (κ2) is 34.4. The van der Waals surface area contributed by atoms with Crippen LogP contribution in [-0.2, 0) is 31.9 Å². The molecule has 0 fully saturated rings. The lowest BCUT2D eigenvalue weighted by atomic mass is 10.1. The highest BCUT2D eigenvalue weighted by molar-refractivity contribution is 9.39. The van der Waals surface area contributed by atoms with E-state index in [1.54, 1.807) is 6.07 Å². The van der Waals surface area contributed by atoms with Crippen LogP contribution < -0.4 is 21.3 Å². The van der Waals surface area contributed by atoms with E-state index in [2.05, 4.69) is 117 Å². The van der Waals surface area contributed by atoms with Crippen molar-refractivity contribution in [3.05, 3.63) is 95.1 Å². The number of benzene rings is 3. The molecule has 3 aromatic rings. The fourth-order valence-electron chi connectivity index (χ4n) is 7.72. The Hall–Kier alpha value is -1.98. The highest BCUT2D eigenvalue weighted by atomic mass is 80.0. The second-order valence-electron chi connectivity index (χ2n) is 17.6. The average molecular weight is 1330 g/mol. The summed E-state index contributed by atoms with van der Waals surface area (Å²) < 4.78 is 11.1. The largest absolute Gasteiger partial charge is 0.464 e. The number of urea groups is 2. The molecule has 0 aliphatic carbocycles. The van der Waals surface area contributed by atoms with Crippen molar-refractivity contribution in [2.24, 2.45) is 0 Å². The molecule has 3 rings (SSSR count). The minimum atomic E-state index is -0.920. The SMILES string of the molecule is Cc1cc(C)c(NC(=O)N[C@@H](Cc2ccccc2)C(=O)OCCCCCCCCCCCC(Br)(Br)Br)cc1NC(=O)N[C@@H](Cc1ccccc1)C(=O)OCCCCCCCCCCCC(Br)(Br)Br. The van der Waals surface area contributed by atoms with Crippen molar-refractivity contribution in [2.45, 2.75) is 171 Å². The number of aryl methyl sites for hydroxylation is 2. The Balaban J connectivity index is 1.50. The zero-order valence-electron chi connectivity index (χ0n) is 39.8. The zero-order chi connectivity index (χ0) is 49.6. The first-order valence-electron chi connectivity index (χ1n) is 24.3. The summed E-state index contributed by atoms with van der Waals surface area (Å²) in [7, 11) is 0. The first-order chi connectivity index (χ1) is 32.5. The summed E-state index contributed by atoms with van der Waals surface area (Å²) in [5.41, 5.74) is 4.17. The minimum absolute atomic E-state index is 0.147. The van der Waals surface area contributed by atoms with E-state index < -0.39 is 36.1 Å². The van der Waals surface area contributed by atoms with Gasteiger partial charge in [-0.1, -0.05) is 265 Å². The number of ether oxygens (including phenoxy) is 2. The molecule has 68 heavy (non-hydrogen) atoms. The summed E-state index contributed by atoms with van der Waals surface area (Å²) in [6, 6.07) is 19.5. The molecule has 0 unspecified atom stereocenters. The number of hydrogen-bond acceptors (Lipinski definition) is 6. The summed E-state index contributed by atoms with van der Waals surface area (Å²) in [6.07, 6.45) is 22.6. The molecule has 4 N–H and O–H groups in total. The molecule has 0 radical (unpaired) electrons. The molecule has 0 saturated heterocycles. The highest BCUT2D eigenvalue weighted by Crippen LogP contribution is 2.39. The Labute approximate surface area is 456 Å². The van der Waals surface area contributed by atoms with Crippen LogP contribution in [0, 0.1) is 13.8 Å². The lowest BCUT2D eigenvalue weighted by Gasteiger charge is -2.21.